The standard InChI is InChI=1S/C12H10ClN2O/c13-12-8-14-6-7-15(12)9-11(16)10-4-2-1-3-5-10/h1-8H,9H2/q+1. The summed E-state index contributed by atoms with van der Waals surface area (Å²) in [7, 11) is 0. The summed E-state index contributed by atoms with van der Waals surface area (Å²) in [6.45, 7) is 0.228. The van der Waals surface area contributed by atoms with Crippen LogP contribution in [0.3, 0.4) is 0 Å². The summed E-state index contributed by atoms with van der Waals surface area (Å²) in [6, 6.07) is 9.14. The molecule has 0 amide bonds. The van der Waals surface area contributed by atoms with Gasteiger partial charge in [0.25, 0.3) is 5.15 Å². The second-order valence-electron chi connectivity index (χ2n) is 3.32. The fraction of sp³-hybridized carbons (Fsp3) is 0.0833. The molecule has 0 saturated carbocycles. The first-order valence-corrected chi connectivity index (χ1v) is 5.22. The molecule has 0 fully saturated rings. The number of aromatic nitrogens is 2. The van der Waals surface area contributed by atoms with E-state index in [0.29, 0.717) is 10.7 Å². The maximum atomic E-state index is 11.9. The highest BCUT2D eigenvalue weighted by molar-refractivity contribution is 6.28. The molecule has 0 aliphatic rings. The molecule has 2 aromatic rings. The molecule has 0 radical (unpaired) electrons. The molecule has 0 unspecified atom stereocenters. The Morgan fingerprint density at radius 3 is 2.75 bits per heavy atom. The maximum Gasteiger partial charge on any atom is 0.293 e. The van der Waals surface area contributed by atoms with E-state index < -0.39 is 0 Å². The van der Waals surface area contributed by atoms with Crippen LogP contribution in [0.1, 0.15) is 10.4 Å². The van der Waals surface area contributed by atoms with E-state index in [0.717, 1.165) is 0 Å². The topological polar surface area (TPSA) is 33.8 Å². The van der Waals surface area contributed by atoms with Crippen LogP contribution < -0.4 is 4.57 Å². The Morgan fingerprint density at radius 2 is 2.06 bits per heavy atom. The fourth-order valence-electron chi connectivity index (χ4n) is 1.37. The first-order chi connectivity index (χ1) is 7.77. The van der Waals surface area contributed by atoms with Crippen molar-refractivity contribution in [1.29, 1.82) is 0 Å². The number of ketones is 1. The Bertz CT molecular complexity index is 499. The van der Waals surface area contributed by atoms with E-state index in [4.69, 9.17) is 11.6 Å². The fourth-order valence-corrected chi connectivity index (χ4v) is 1.54. The smallest absolute Gasteiger partial charge is 0.287 e. The zero-order valence-corrected chi connectivity index (χ0v) is 9.26. The highest BCUT2D eigenvalue weighted by Crippen LogP contribution is 2.02. The Morgan fingerprint density at radius 1 is 1.31 bits per heavy atom. The minimum Gasteiger partial charge on any atom is -0.287 e. The maximum absolute atomic E-state index is 11.9. The SMILES string of the molecule is O=C(C[n+]1ccncc1Cl)c1ccccc1. The number of hydrogen-bond acceptors (Lipinski definition) is 2. The first kappa shape index (κ1) is 10.8. The van der Waals surface area contributed by atoms with E-state index >= 15 is 0 Å². The zero-order chi connectivity index (χ0) is 11.4. The van der Waals surface area contributed by atoms with Gasteiger partial charge in [-0.15, -0.1) is 0 Å². The Hall–Kier alpha value is -1.74. The second-order valence-corrected chi connectivity index (χ2v) is 3.70. The van der Waals surface area contributed by atoms with E-state index in [1.165, 1.54) is 6.20 Å². The van der Waals surface area contributed by atoms with Crippen LogP contribution in [0.5, 0.6) is 0 Å². The Labute approximate surface area is 98.3 Å². The van der Waals surface area contributed by atoms with E-state index in [2.05, 4.69) is 4.98 Å². The molecule has 3 nitrogen and oxygen atoms in total. The van der Waals surface area contributed by atoms with Crippen molar-refractivity contribution in [3.8, 4) is 0 Å². The van der Waals surface area contributed by atoms with Crippen LogP contribution in [0, 0.1) is 0 Å². The number of carbonyl (C=O) groups is 1. The summed E-state index contributed by atoms with van der Waals surface area (Å²) in [5, 5.41) is 0.451. The number of halogens is 1. The molecule has 0 N–H and O–H groups in total. The summed E-state index contributed by atoms with van der Waals surface area (Å²) in [4.78, 5) is 15.7. The largest absolute Gasteiger partial charge is 0.293 e. The van der Waals surface area contributed by atoms with E-state index in [1.54, 1.807) is 29.1 Å². The molecule has 0 saturated heterocycles. The average molecular weight is 234 g/mol. The highest BCUT2D eigenvalue weighted by atomic mass is 35.5. The predicted octanol–water partition coefficient (Wildman–Crippen LogP) is 1.91. The lowest BCUT2D eigenvalue weighted by molar-refractivity contribution is -0.681. The van der Waals surface area contributed by atoms with Crippen molar-refractivity contribution in [3.63, 3.8) is 0 Å². The van der Waals surface area contributed by atoms with Crippen LogP contribution in [0.15, 0.2) is 48.9 Å². The van der Waals surface area contributed by atoms with Crippen LogP contribution in [0.2, 0.25) is 5.15 Å². The van der Waals surface area contributed by atoms with Crippen molar-refractivity contribution in [2.75, 3.05) is 0 Å². The summed E-state index contributed by atoms with van der Waals surface area (Å²) < 4.78 is 1.66. The third-order valence-corrected chi connectivity index (χ3v) is 2.51. The van der Waals surface area contributed by atoms with Gasteiger partial charge in [-0.25, -0.2) is 0 Å². The van der Waals surface area contributed by atoms with Crippen molar-refractivity contribution in [2.45, 2.75) is 6.54 Å². The van der Waals surface area contributed by atoms with Crippen LogP contribution in [-0.4, -0.2) is 10.8 Å². The third kappa shape index (κ3) is 2.44. The molecule has 0 aliphatic carbocycles. The van der Waals surface area contributed by atoms with Crippen molar-refractivity contribution in [2.24, 2.45) is 0 Å². The molecule has 2 rings (SSSR count). The molecular formula is C12H10ClN2O+. The van der Waals surface area contributed by atoms with Gasteiger partial charge in [-0.3, -0.25) is 9.78 Å². The van der Waals surface area contributed by atoms with Gasteiger partial charge in [0.1, 0.15) is 6.20 Å². The van der Waals surface area contributed by atoms with Crippen LogP contribution >= 0.6 is 11.6 Å². The molecular weight excluding hydrogens is 224 g/mol. The van der Waals surface area contributed by atoms with Gasteiger partial charge in [0.2, 0.25) is 12.3 Å². The lowest BCUT2D eigenvalue weighted by Gasteiger charge is -1.98. The molecule has 16 heavy (non-hydrogen) atoms. The second kappa shape index (κ2) is 4.86. The molecule has 1 aromatic carbocycles. The van der Waals surface area contributed by atoms with Crippen molar-refractivity contribution in [3.05, 3.63) is 59.6 Å². The normalized spacial score (nSPS) is 10.1. The lowest BCUT2D eigenvalue weighted by Crippen LogP contribution is -2.38. The number of nitrogens with zero attached hydrogens (tertiary/aromatic N) is 2. The average Bonchev–Trinajstić information content (AvgIpc) is 2.33. The van der Waals surface area contributed by atoms with Crippen LogP contribution in [-0.2, 0) is 6.54 Å². The van der Waals surface area contributed by atoms with Crippen molar-refractivity contribution < 1.29 is 9.36 Å². The molecule has 0 spiro atoms. The molecule has 4 heteroatoms. The molecule has 1 aromatic heterocycles. The minimum absolute atomic E-state index is 0.0266. The summed E-state index contributed by atoms with van der Waals surface area (Å²) >= 11 is 5.90. The van der Waals surface area contributed by atoms with Gasteiger partial charge in [-0.05, 0) is 11.6 Å². The number of Topliss-reactive ketones (excluding diaryl/α,β-unsaturated/α-hetero) is 1. The van der Waals surface area contributed by atoms with Gasteiger partial charge in [0.05, 0.1) is 6.20 Å². The first-order valence-electron chi connectivity index (χ1n) is 4.84. The van der Waals surface area contributed by atoms with Crippen molar-refractivity contribution >= 4 is 17.4 Å². The summed E-state index contributed by atoms with van der Waals surface area (Å²) in [6.07, 6.45) is 4.80. The number of hydrogen-bond donors (Lipinski definition) is 0. The molecule has 0 atom stereocenters. The monoisotopic (exact) mass is 233 g/mol. The zero-order valence-electron chi connectivity index (χ0n) is 8.51. The Balaban J connectivity index is 2.18. The van der Waals surface area contributed by atoms with E-state index in [-0.39, 0.29) is 12.3 Å². The molecule has 80 valence electrons. The molecule has 1 heterocycles. The van der Waals surface area contributed by atoms with E-state index in [9.17, 15) is 4.79 Å². The van der Waals surface area contributed by atoms with Gasteiger partial charge in [-0.1, -0.05) is 30.3 Å². The van der Waals surface area contributed by atoms with Crippen LogP contribution in [0.4, 0.5) is 0 Å². The van der Waals surface area contributed by atoms with Gasteiger partial charge < -0.3 is 0 Å². The predicted molar refractivity (Wildman–Crippen MR) is 60.2 cm³/mol. The van der Waals surface area contributed by atoms with Crippen molar-refractivity contribution in [1.82, 2.24) is 4.98 Å². The van der Waals surface area contributed by atoms with Gasteiger partial charge in [-0.2, -0.15) is 4.57 Å². The number of benzene rings is 1. The van der Waals surface area contributed by atoms with Crippen LogP contribution in [0.25, 0.3) is 0 Å². The lowest BCUT2D eigenvalue weighted by atomic mass is 10.1. The van der Waals surface area contributed by atoms with Gasteiger partial charge >= 0.3 is 0 Å². The van der Waals surface area contributed by atoms with Gasteiger partial charge in [0.15, 0.2) is 6.20 Å². The van der Waals surface area contributed by atoms with E-state index in [1.807, 2.05) is 18.2 Å². The number of carbonyl (C=O) groups excluding carboxylic acids is 1. The third-order valence-electron chi connectivity index (χ3n) is 2.20. The quantitative estimate of drug-likeness (QED) is 0.600. The van der Waals surface area contributed by atoms with Gasteiger partial charge in [0, 0.05) is 5.56 Å². The highest BCUT2D eigenvalue weighted by Gasteiger charge is 2.14. The summed E-state index contributed by atoms with van der Waals surface area (Å²) in [5.41, 5.74) is 0.683. The summed E-state index contributed by atoms with van der Waals surface area (Å²) in [5.74, 6) is 0.0266. The number of rotatable bonds is 3. The minimum atomic E-state index is 0.0266. The Kier molecular flexibility index (Phi) is 3.27. The molecule has 0 aliphatic heterocycles. The molecule has 0 bridgehead atoms.